The first-order chi connectivity index (χ1) is 8.68. The second-order valence-electron chi connectivity index (χ2n) is 3.87. The normalized spacial score (nSPS) is 19.6. The SMILES string of the molecule is O=C(NCC1COCCO1)c1c(F)cccc1Br. The van der Waals surface area contributed by atoms with E-state index in [4.69, 9.17) is 9.47 Å². The van der Waals surface area contributed by atoms with E-state index in [2.05, 4.69) is 21.2 Å². The minimum absolute atomic E-state index is 0.00854. The third-order valence-corrected chi connectivity index (χ3v) is 3.23. The molecule has 2 rings (SSSR count). The Balaban J connectivity index is 1.95. The number of nitrogens with one attached hydrogen (secondary N) is 1. The van der Waals surface area contributed by atoms with Crippen LogP contribution in [0.25, 0.3) is 0 Å². The molecule has 0 aromatic heterocycles. The molecule has 0 saturated carbocycles. The fourth-order valence-corrected chi connectivity index (χ4v) is 2.19. The Morgan fingerprint density at radius 3 is 3.00 bits per heavy atom. The van der Waals surface area contributed by atoms with Crippen molar-refractivity contribution in [3.8, 4) is 0 Å². The second kappa shape index (κ2) is 6.26. The van der Waals surface area contributed by atoms with Crippen LogP contribution in [-0.2, 0) is 9.47 Å². The predicted octanol–water partition coefficient (Wildman–Crippen LogP) is 1.73. The van der Waals surface area contributed by atoms with Gasteiger partial charge in [-0.15, -0.1) is 0 Å². The topological polar surface area (TPSA) is 47.6 Å². The summed E-state index contributed by atoms with van der Waals surface area (Å²) in [5.41, 5.74) is 0.00854. The van der Waals surface area contributed by atoms with Gasteiger partial charge in [0, 0.05) is 11.0 Å². The molecule has 1 fully saturated rings. The fourth-order valence-electron chi connectivity index (χ4n) is 1.66. The molecular weight excluding hydrogens is 305 g/mol. The van der Waals surface area contributed by atoms with Gasteiger partial charge in [-0.1, -0.05) is 6.07 Å². The Morgan fingerprint density at radius 1 is 1.50 bits per heavy atom. The second-order valence-corrected chi connectivity index (χ2v) is 4.73. The summed E-state index contributed by atoms with van der Waals surface area (Å²) in [5, 5.41) is 2.64. The Labute approximate surface area is 113 Å². The zero-order valence-electron chi connectivity index (χ0n) is 9.62. The molecule has 1 unspecified atom stereocenters. The maximum absolute atomic E-state index is 13.5. The van der Waals surface area contributed by atoms with Gasteiger partial charge in [0.25, 0.3) is 5.91 Å². The van der Waals surface area contributed by atoms with Crippen molar-refractivity contribution in [3.05, 3.63) is 34.1 Å². The highest BCUT2D eigenvalue weighted by Gasteiger charge is 2.19. The number of rotatable bonds is 3. The van der Waals surface area contributed by atoms with Gasteiger partial charge < -0.3 is 14.8 Å². The molecule has 0 bridgehead atoms. The van der Waals surface area contributed by atoms with Crippen LogP contribution in [0.3, 0.4) is 0 Å². The number of carbonyl (C=O) groups is 1. The van der Waals surface area contributed by atoms with E-state index < -0.39 is 11.7 Å². The highest BCUT2D eigenvalue weighted by atomic mass is 79.9. The molecule has 18 heavy (non-hydrogen) atoms. The van der Waals surface area contributed by atoms with Crippen LogP contribution in [0.4, 0.5) is 4.39 Å². The van der Waals surface area contributed by atoms with Crippen LogP contribution in [0.5, 0.6) is 0 Å². The van der Waals surface area contributed by atoms with Crippen molar-refractivity contribution in [2.24, 2.45) is 0 Å². The summed E-state index contributed by atoms with van der Waals surface area (Å²) in [4.78, 5) is 11.9. The lowest BCUT2D eigenvalue weighted by Crippen LogP contribution is -2.40. The van der Waals surface area contributed by atoms with Crippen LogP contribution in [0, 0.1) is 5.82 Å². The molecule has 1 aromatic rings. The van der Waals surface area contributed by atoms with Gasteiger partial charge in [0.05, 0.1) is 31.5 Å². The third kappa shape index (κ3) is 3.28. The lowest BCUT2D eigenvalue weighted by atomic mass is 10.2. The van der Waals surface area contributed by atoms with E-state index in [-0.39, 0.29) is 11.7 Å². The number of hydrogen-bond acceptors (Lipinski definition) is 3. The van der Waals surface area contributed by atoms with E-state index in [1.165, 1.54) is 12.1 Å². The maximum Gasteiger partial charge on any atom is 0.255 e. The summed E-state index contributed by atoms with van der Waals surface area (Å²) in [5.74, 6) is -1.02. The van der Waals surface area contributed by atoms with Gasteiger partial charge in [-0.25, -0.2) is 4.39 Å². The predicted molar refractivity (Wildman–Crippen MR) is 67.0 cm³/mol. The molecule has 1 saturated heterocycles. The van der Waals surface area contributed by atoms with E-state index in [9.17, 15) is 9.18 Å². The first-order valence-electron chi connectivity index (χ1n) is 5.60. The number of benzene rings is 1. The van der Waals surface area contributed by atoms with Gasteiger partial charge in [-0.3, -0.25) is 4.79 Å². The van der Waals surface area contributed by atoms with E-state index >= 15 is 0 Å². The van der Waals surface area contributed by atoms with Gasteiger partial charge in [0.15, 0.2) is 0 Å². The summed E-state index contributed by atoms with van der Waals surface area (Å²) in [7, 11) is 0. The maximum atomic E-state index is 13.5. The molecule has 1 amide bonds. The van der Waals surface area contributed by atoms with Crippen LogP contribution in [0.1, 0.15) is 10.4 Å². The summed E-state index contributed by atoms with van der Waals surface area (Å²) in [6.07, 6.45) is -0.173. The van der Waals surface area contributed by atoms with Gasteiger partial charge >= 0.3 is 0 Å². The quantitative estimate of drug-likeness (QED) is 0.923. The van der Waals surface area contributed by atoms with E-state index in [1.807, 2.05) is 0 Å². The van der Waals surface area contributed by atoms with Crippen molar-refractivity contribution in [1.29, 1.82) is 0 Å². The van der Waals surface area contributed by atoms with Crippen LogP contribution in [-0.4, -0.2) is 38.4 Å². The number of hydrogen-bond donors (Lipinski definition) is 1. The summed E-state index contributed by atoms with van der Waals surface area (Å²) in [6.45, 7) is 1.84. The van der Waals surface area contributed by atoms with Crippen LogP contribution in [0.15, 0.2) is 22.7 Å². The van der Waals surface area contributed by atoms with Gasteiger partial charge in [0.2, 0.25) is 0 Å². The first kappa shape index (κ1) is 13.5. The fraction of sp³-hybridized carbons (Fsp3) is 0.417. The molecule has 0 spiro atoms. The summed E-state index contributed by atoms with van der Waals surface area (Å²) in [6, 6.07) is 4.41. The standard InChI is InChI=1S/C12H13BrFNO3/c13-9-2-1-3-10(14)11(9)12(16)15-6-8-7-17-4-5-18-8/h1-3,8H,4-7H2,(H,15,16). The van der Waals surface area contributed by atoms with Crippen molar-refractivity contribution in [2.75, 3.05) is 26.4 Å². The monoisotopic (exact) mass is 317 g/mol. The smallest absolute Gasteiger partial charge is 0.255 e. The zero-order chi connectivity index (χ0) is 13.0. The van der Waals surface area contributed by atoms with Crippen molar-refractivity contribution in [2.45, 2.75) is 6.10 Å². The van der Waals surface area contributed by atoms with Gasteiger partial charge in [0.1, 0.15) is 5.82 Å². The van der Waals surface area contributed by atoms with Crippen molar-refractivity contribution >= 4 is 21.8 Å². The van der Waals surface area contributed by atoms with Crippen molar-refractivity contribution in [3.63, 3.8) is 0 Å². The van der Waals surface area contributed by atoms with E-state index in [0.29, 0.717) is 30.8 Å². The molecule has 4 nitrogen and oxygen atoms in total. The molecule has 1 aliphatic rings. The average molecular weight is 318 g/mol. The van der Waals surface area contributed by atoms with Crippen LogP contribution in [0.2, 0.25) is 0 Å². The Morgan fingerprint density at radius 2 is 2.33 bits per heavy atom. The van der Waals surface area contributed by atoms with Crippen LogP contribution < -0.4 is 5.32 Å². The number of carbonyl (C=O) groups excluding carboxylic acids is 1. The Hall–Kier alpha value is -0.980. The lowest BCUT2D eigenvalue weighted by Gasteiger charge is -2.23. The Bertz CT molecular complexity index is 415. The van der Waals surface area contributed by atoms with E-state index in [0.717, 1.165) is 0 Å². The molecule has 98 valence electrons. The molecule has 0 aliphatic carbocycles. The highest BCUT2D eigenvalue weighted by Crippen LogP contribution is 2.19. The average Bonchev–Trinajstić information content (AvgIpc) is 2.37. The molecule has 1 atom stereocenters. The van der Waals surface area contributed by atoms with Gasteiger partial charge in [-0.2, -0.15) is 0 Å². The van der Waals surface area contributed by atoms with Gasteiger partial charge in [-0.05, 0) is 28.1 Å². The number of halogens is 2. The lowest BCUT2D eigenvalue weighted by molar-refractivity contribution is -0.0855. The highest BCUT2D eigenvalue weighted by molar-refractivity contribution is 9.10. The zero-order valence-corrected chi connectivity index (χ0v) is 11.2. The molecule has 1 aromatic carbocycles. The minimum Gasteiger partial charge on any atom is -0.376 e. The number of ether oxygens (including phenoxy) is 2. The van der Waals surface area contributed by atoms with Crippen molar-refractivity contribution < 1.29 is 18.7 Å². The summed E-state index contributed by atoms with van der Waals surface area (Å²) < 4.78 is 24.5. The largest absolute Gasteiger partial charge is 0.376 e. The molecular formula is C12H13BrFNO3. The number of amides is 1. The molecule has 6 heteroatoms. The van der Waals surface area contributed by atoms with Crippen molar-refractivity contribution in [1.82, 2.24) is 5.32 Å². The molecule has 1 heterocycles. The van der Waals surface area contributed by atoms with E-state index in [1.54, 1.807) is 6.07 Å². The third-order valence-electron chi connectivity index (χ3n) is 2.57. The molecule has 1 N–H and O–H groups in total. The molecule has 1 aliphatic heterocycles. The first-order valence-corrected chi connectivity index (χ1v) is 6.39. The molecule has 0 radical (unpaired) electrons. The summed E-state index contributed by atoms with van der Waals surface area (Å²) >= 11 is 3.16. The Kier molecular flexibility index (Phi) is 4.68. The minimum atomic E-state index is -0.553. The van der Waals surface area contributed by atoms with Crippen LogP contribution >= 0.6 is 15.9 Å².